The number of hydrogen-bond acceptors (Lipinski definition) is 3. The molecule has 1 aliphatic heterocycles. The zero-order chi connectivity index (χ0) is 18.9. The van der Waals surface area contributed by atoms with E-state index < -0.39 is 35.7 Å². The van der Waals surface area contributed by atoms with Crippen molar-refractivity contribution in [2.75, 3.05) is 11.9 Å². The van der Waals surface area contributed by atoms with Crippen molar-refractivity contribution >= 4 is 39.5 Å². The first-order valence-corrected chi connectivity index (χ1v) is 8.54. The van der Waals surface area contributed by atoms with Crippen molar-refractivity contribution in [2.45, 2.75) is 12.5 Å². The molecule has 2 aromatic rings. The van der Waals surface area contributed by atoms with Crippen molar-refractivity contribution in [1.29, 1.82) is 0 Å². The Hall–Kier alpha value is -2.74. The van der Waals surface area contributed by atoms with Gasteiger partial charge in [0.15, 0.2) is 0 Å². The van der Waals surface area contributed by atoms with Crippen molar-refractivity contribution in [3.8, 4) is 0 Å². The highest BCUT2D eigenvalue weighted by atomic mass is 79.9. The van der Waals surface area contributed by atoms with Crippen LogP contribution in [0.3, 0.4) is 0 Å². The second kappa shape index (κ2) is 6.87. The largest absolute Gasteiger partial charge is 0.325 e. The van der Waals surface area contributed by atoms with Crippen LogP contribution in [0.15, 0.2) is 53.0 Å². The van der Waals surface area contributed by atoms with Gasteiger partial charge in [-0.25, -0.2) is 9.18 Å². The number of imide groups is 1. The molecule has 1 atom stereocenters. The Balaban J connectivity index is 1.76. The molecule has 0 radical (unpaired) electrons. The lowest BCUT2D eigenvalue weighted by Crippen LogP contribution is -2.42. The summed E-state index contributed by atoms with van der Waals surface area (Å²) < 4.78 is 13.9. The molecule has 1 saturated heterocycles. The van der Waals surface area contributed by atoms with Crippen LogP contribution in [0.5, 0.6) is 0 Å². The van der Waals surface area contributed by atoms with Crippen LogP contribution in [-0.4, -0.2) is 29.3 Å². The number of benzene rings is 2. The van der Waals surface area contributed by atoms with E-state index in [1.165, 1.54) is 18.2 Å². The number of carbonyl (C=O) groups excluding carboxylic acids is 3. The molecule has 2 N–H and O–H groups in total. The quantitative estimate of drug-likeness (QED) is 0.747. The van der Waals surface area contributed by atoms with E-state index in [2.05, 4.69) is 26.6 Å². The average molecular weight is 420 g/mol. The van der Waals surface area contributed by atoms with E-state index in [-0.39, 0.29) is 5.69 Å². The van der Waals surface area contributed by atoms with E-state index >= 15 is 0 Å². The smallest absolute Gasteiger partial charge is 0.324 e. The highest BCUT2D eigenvalue weighted by Gasteiger charge is 2.49. The third-order valence-corrected chi connectivity index (χ3v) is 4.58. The molecule has 4 amide bonds. The van der Waals surface area contributed by atoms with E-state index in [1.54, 1.807) is 31.2 Å². The number of halogens is 2. The zero-order valence-electron chi connectivity index (χ0n) is 13.8. The summed E-state index contributed by atoms with van der Waals surface area (Å²) in [6.45, 7) is 1.12. The molecule has 0 spiro atoms. The van der Waals surface area contributed by atoms with Gasteiger partial charge >= 0.3 is 6.03 Å². The van der Waals surface area contributed by atoms with Crippen LogP contribution in [0.25, 0.3) is 0 Å². The fourth-order valence-electron chi connectivity index (χ4n) is 2.75. The van der Waals surface area contributed by atoms with Crippen LogP contribution in [-0.2, 0) is 15.1 Å². The standard InChI is InChI=1S/C18H15BrFN3O3/c1-18(11-4-2-5-12(19)8-11)16(25)23(17(26)22-18)10-15(24)21-14-7-3-6-13(20)9-14/h2-9H,10H2,1H3,(H,21,24)(H,22,26)/t18-/m1/s1. The molecule has 134 valence electrons. The van der Waals surface area contributed by atoms with E-state index in [1.807, 2.05) is 0 Å². The minimum absolute atomic E-state index is 0.247. The lowest BCUT2D eigenvalue weighted by molar-refractivity contribution is -0.133. The summed E-state index contributed by atoms with van der Waals surface area (Å²) in [7, 11) is 0. The maximum absolute atomic E-state index is 13.2. The van der Waals surface area contributed by atoms with E-state index in [9.17, 15) is 18.8 Å². The summed E-state index contributed by atoms with van der Waals surface area (Å²) in [5, 5.41) is 5.10. The topological polar surface area (TPSA) is 78.5 Å². The van der Waals surface area contributed by atoms with Gasteiger partial charge in [-0.05, 0) is 42.8 Å². The van der Waals surface area contributed by atoms with Gasteiger partial charge in [-0.1, -0.05) is 34.1 Å². The van der Waals surface area contributed by atoms with Crippen LogP contribution < -0.4 is 10.6 Å². The molecule has 0 unspecified atom stereocenters. The monoisotopic (exact) mass is 419 g/mol. The van der Waals surface area contributed by atoms with Gasteiger partial charge in [0.1, 0.15) is 17.9 Å². The van der Waals surface area contributed by atoms with Crippen molar-refractivity contribution in [3.05, 3.63) is 64.4 Å². The van der Waals surface area contributed by atoms with Crippen molar-refractivity contribution in [3.63, 3.8) is 0 Å². The lowest BCUT2D eigenvalue weighted by Gasteiger charge is -2.22. The molecule has 8 heteroatoms. The molecule has 1 aliphatic rings. The summed E-state index contributed by atoms with van der Waals surface area (Å²) in [5.41, 5.74) is -0.421. The minimum Gasteiger partial charge on any atom is -0.324 e. The molecule has 2 aromatic carbocycles. The Labute approximate surface area is 157 Å². The SMILES string of the molecule is C[C@]1(c2cccc(Br)c2)NC(=O)N(CC(=O)Nc2cccc(F)c2)C1=O. The number of hydrogen-bond donors (Lipinski definition) is 2. The Bertz CT molecular complexity index is 905. The van der Waals surface area contributed by atoms with E-state index in [0.29, 0.717) is 5.56 Å². The number of nitrogens with zero attached hydrogens (tertiary/aromatic N) is 1. The van der Waals surface area contributed by atoms with Crippen LogP contribution in [0.4, 0.5) is 14.9 Å². The van der Waals surface area contributed by atoms with Crippen molar-refractivity contribution in [1.82, 2.24) is 10.2 Å². The molecule has 0 aliphatic carbocycles. The molecule has 0 aromatic heterocycles. The summed E-state index contributed by atoms with van der Waals surface area (Å²) in [6, 6.07) is 11.7. The van der Waals surface area contributed by atoms with Crippen LogP contribution >= 0.6 is 15.9 Å². The molecule has 6 nitrogen and oxygen atoms in total. The highest BCUT2D eigenvalue weighted by Crippen LogP contribution is 2.30. The van der Waals surface area contributed by atoms with Crippen LogP contribution in [0, 0.1) is 5.82 Å². The molecule has 1 fully saturated rings. The van der Waals surface area contributed by atoms with Gasteiger partial charge in [0.2, 0.25) is 5.91 Å². The number of anilines is 1. The summed E-state index contributed by atoms with van der Waals surface area (Å²) in [4.78, 5) is 38.0. The average Bonchev–Trinajstić information content (AvgIpc) is 2.79. The first-order chi connectivity index (χ1) is 12.3. The highest BCUT2D eigenvalue weighted by molar-refractivity contribution is 9.10. The number of urea groups is 1. The normalized spacial score (nSPS) is 19.4. The molecule has 0 saturated carbocycles. The fourth-order valence-corrected chi connectivity index (χ4v) is 3.15. The van der Waals surface area contributed by atoms with Gasteiger partial charge in [0.25, 0.3) is 5.91 Å². The van der Waals surface area contributed by atoms with Crippen LogP contribution in [0.1, 0.15) is 12.5 Å². The minimum atomic E-state index is -1.26. The first-order valence-electron chi connectivity index (χ1n) is 7.75. The summed E-state index contributed by atoms with van der Waals surface area (Å²) in [6.07, 6.45) is 0. The van der Waals surface area contributed by atoms with E-state index in [0.717, 1.165) is 15.4 Å². The lowest BCUT2D eigenvalue weighted by atomic mass is 9.92. The van der Waals surface area contributed by atoms with Crippen LogP contribution in [0.2, 0.25) is 0 Å². The number of nitrogens with one attached hydrogen (secondary N) is 2. The van der Waals surface area contributed by atoms with Gasteiger partial charge < -0.3 is 10.6 Å². The van der Waals surface area contributed by atoms with Gasteiger partial charge in [0, 0.05) is 10.2 Å². The van der Waals surface area contributed by atoms with Gasteiger partial charge in [0.05, 0.1) is 0 Å². The number of amides is 4. The Morgan fingerprint density at radius 1 is 1.23 bits per heavy atom. The molecular weight excluding hydrogens is 405 g/mol. The van der Waals surface area contributed by atoms with E-state index in [4.69, 9.17) is 0 Å². The molecular formula is C18H15BrFN3O3. The van der Waals surface area contributed by atoms with Gasteiger partial charge in [-0.15, -0.1) is 0 Å². The van der Waals surface area contributed by atoms with Crippen molar-refractivity contribution < 1.29 is 18.8 Å². The second-order valence-electron chi connectivity index (χ2n) is 6.02. The van der Waals surface area contributed by atoms with Gasteiger partial charge in [-0.2, -0.15) is 0 Å². The molecule has 1 heterocycles. The predicted octanol–water partition coefficient (Wildman–Crippen LogP) is 2.99. The number of rotatable bonds is 4. The Morgan fingerprint density at radius 2 is 1.96 bits per heavy atom. The predicted molar refractivity (Wildman–Crippen MR) is 96.8 cm³/mol. The van der Waals surface area contributed by atoms with Crippen molar-refractivity contribution in [2.24, 2.45) is 0 Å². The summed E-state index contributed by atoms with van der Waals surface area (Å²) in [5.74, 6) is -1.63. The zero-order valence-corrected chi connectivity index (χ0v) is 15.3. The Kier molecular flexibility index (Phi) is 4.78. The first kappa shape index (κ1) is 18.1. The Morgan fingerprint density at radius 3 is 2.65 bits per heavy atom. The van der Waals surface area contributed by atoms with Gasteiger partial charge in [-0.3, -0.25) is 14.5 Å². The maximum atomic E-state index is 13.2. The summed E-state index contributed by atoms with van der Waals surface area (Å²) >= 11 is 3.33. The fraction of sp³-hybridized carbons (Fsp3) is 0.167. The number of carbonyl (C=O) groups is 3. The molecule has 3 rings (SSSR count). The third kappa shape index (κ3) is 3.45. The molecule has 26 heavy (non-hydrogen) atoms. The third-order valence-electron chi connectivity index (χ3n) is 4.09. The second-order valence-corrected chi connectivity index (χ2v) is 6.93. The maximum Gasteiger partial charge on any atom is 0.325 e. The molecule has 0 bridgehead atoms.